The van der Waals surface area contributed by atoms with Crippen LogP contribution < -0.4 is 0 Å². The Morgan fingerprint density at radius 3 is 2.40 bits per heavy atom. The zero-order chi connectivity index (χ0) is 18.4. The van der Waals surface area contributed by atoms with Crippen molar-refractivity contribution in [3.8, 4) is 0 Å². The van der Waals surface area contributed by atoms with E-state index in [9.17, 15) is 24.5 Å². The van der Waals surface area contributed by atoms with Crippen LogP contribution in [0.15, 0.2) is 47.1 Å². The van der Waals surface area contributed by atoms with Crippen molar-refractivity contribution in [2.24, 2.45) is 0 Å². The molecule has 0 aliphatic carbocycles. The minimum atomic E-state index is -1.11. The Balaban J connectivity index is 2.30. The maximum absolute atomic E-state index is 12.4. The molecule has 8 nitrogen and oxygen atoms in total. The molecule has 8 heteroatoms. The number of esters is 1. The van der Waals surface area contributed by atoms with Crippen LogP contribution in [-0.4, -0.2) is 29.1 Å². The largest absolute Gasteiger partial charge is 0.461 e. The van der Waals surface area contributed by atoms with Crippen LogP contribution >= 0.6 is 0 Å². The average Bonchev–Trinajstić information content (AvgIpc) is 3.14. The molecule has 0 aliphatic heterocycles. The number of ketones is 2. The smallest absolute Gasteiger partial charge is 0.375 e. The van der Waals surface area contributed by atoms with E-state index < -0.39 is 28.4 Å². The van der Waals surface area contributed by atoms with Gasteiger partial charge in [0.15, 0.2) is 11.5 Å². The fourth-order valence-electron chi connectivity index (χ4n) is 2.26. The predicted molar refractivity (Wildman–Crippen MR) is 85.1 cm³/mol. The topological polar surface area (TPSA) is 117 Å². The first-order chi connectivity index (χ1) is 11.9. The van der Waals surface area contributed by atoms with Crippen LogP contribution in [0.4, 0.5) is 5.69 Å². The van der Waals surface area contributed by atoms with Crippen molar-refractivity contribution < 1.29 is 28.5 Å². The number of carbonyl (C=O) groups is 3. The summed E-state index contributed by atoms with van der Waals surface area (Å²) in [5, 5.41) is 10.7. The lowest BCUT2D eigenvalue weighted by Crippen LogP contribution is -2.26. The molecular weight excluding hydrogens is 330 g/mol. The zero-order valence-corrected chi connectivity index (χ0v) is 13.3. The van der Waals surface area contributed by atoms with Gasteiger partial charge in [-0.2, -0.15) is 0 Å². The highest BCUT2D eigenvalue weighted by atomic mass is 16.6. The van der Waals surface area contributed by atoms with Crippen LogP contribution in [0.5, 0.6) is 0 Å². The van der Waals surface area contributed by atoms with Crippen molar-refractivity contribution in [2.45, 2.75) is 19.3 Å². The molecule has 0 amide bonds. The molecular formula is C17H15NO7. The number of nitro benzene ring substituents is 1. The van der Waals surface area contributed by atoms with Crippen molar-refractivity contribution in [3.05, 3.63) is 64.1 Å². The van der Waals surface area contributed by atoms with E-state index in [-0.39, 0.29) is 24.5 Å². The number of ether oxygens (including phenoxy) is 1. The van der Waals surface area contributed by atoms with Gasteiger partial charge in [-0.1, -0.05) is 12.1 Å². The van der Waals surface area contributed by atoms with Crippen LogP contribution in [0.3, 0.4) is 0 Å². The van der Waals surface area contributed by atoms with E-state index in [0.717, 1.165) is 0 Å². The molecule has 25 heavy (non-hydrogen) atoms. The van der Waals surface area contributed by atoms with Crippen LogP contribution in [0.2, 0.25) is 0 Å². The fourth-order valence-corrected chi connectivity index (χ4v) is 2.26. The zero-order valence-electron chi connectivity index (χ0n) is 13.3. The molecule has 0 spiro atoms. The van der Waals surface area contributed by atoms with Crippen LogP contribution in [-0.2, 0) is 14.3 Å². The van der Waals surface area contributed by atoms with Gasteiger partial charge in [0.2, 0.25) is 5.78 Å². The molecule has 1 unspecified atom stereocenters. The van der Waals surface area contributed by atoms with E-state index in [2.05, 4.69) is 0 Å². The number of non-ortho nitro benzene ring substituents is 1. The number of hydrogen-bond acceptors (Lipinski definition) is 7. The van der Waals surface area contributed by atoms with Crippen molar-refractivity contribution >= 4 is 23.2 Å². The van der Waals surface area contributed by atoms with Gasteiger partial charge < -0.3 is 9.15 Å². The first-order valence-corrected chi connectivity index (χ1v) is 7.46. The summed E-state index contributed by atoms with van der Waals surface area (Å²) in [5.41, 5.74) is 0.145. The Labute approximate surface area is 142 Å². The first-order valence-electron chi connectivity index (χ1n) is 7.46. The van der Waals surface area contributed by atoms with Gasteiger partial charge in [-0.25, -0.2) is 4.79 Å². The molecule has 0 bridgehead atoms. The summed E-state index contributed by atoms with van der Waals surface area (Å²) in [6.45, 7) is 1.57. The molecule has 0 radical (unpaired) electrons. The Morgan fingerprint density at radius 2 is 1.88 bits per heavy atom. The van der Waals surface area contributed by atoms with Crippen LogP contribution in [0, 0.1) is 10.1 Å². The Bertz CT molecular complexity index is 778. The van der Waals surface area contributed by atoms with E-state index >= 15 is 0 Å². The van der Waals surface area contributed by atoms with Crippen molar-refractivity contribution in [3.63, 3.8) is 0 Å². The number of hydrogen-bond donors (Lipinski definition) is 0. The summed E-state index contributed by atoms with van der Waals surface area (Å²) in [6.07, 6.45) is 1.00. The Morgan fingerprint density at radius 1 is 1.20 bits per heavy atom. The minimum Gasteiger partial charge on any atom is -0.461 e. The highest BCUT2D eigenvalue weighted by Crippen LogP contribution is 2.26. The van der Waals surface area contributed by atoms with Gasteiger partial charge in [0.1, 0.15) is 0 Å². The molecule has 130 valence electrons. The van der Waals surface area contributed by atoms with Crippen molar-refractivity contribution in [1.82, 2.24) is 0 Å². The Kier molecular flexibility index (Phi) is 5.78. The summed E-state index contributed by atoms with van der Waals surface area (Å²) in [4.78, 5) is 46.6. The van der Waals surface area contributed by atoms with Gasteiger partial charge in [0, 0.05) is 18.6 Å². The number of nitrogens with zero attached hydrogens (tertiary/aromatic N) is 1. The molecule has 1 aromatic heterocycles. The summed E-state index contributed by atoms with van der Waals surface area (Å²) in [7, 11) is 0. The lowest BCUT2D eigenvalue weighted by atomic mass is 9.89. The highest BCUT2D eigenvalue weighted by Gasteiger charge is 2.31. The van der Waals surface area contributed by atoms with Crippen LogP contribution in [0.1, 0.15) is 35.4 Å². The van der Waals surface area contributed by atoms with Gasteiger partial charge in [-0.15, -0.1) is 0 Å². The maximum atomic E-state index is 12.4. The molecule has 0 aliphatic rings. The van der Waals surface area contributed by atoms with Crippen molar-refractivity contribution in [2.75, 3.05) is 6.61 Å². The van der Waals surface area contributed by atoms with E-state index in [0.29, 0.717) is 5.56 Å². The SMILES string of the molecule is CCOC(=O)C(=O)C(CC(=O)c1ccco1)c1ccc([N+](=O)[O-])cc1. The van der Waals surface area contributed by atoms with E-state index in [4.69, 9.17) is 9.15 Å². The lowest BCUT2D eigenvalue weighted by molar-refractivity contribution is -0.384. The average molecular weight is 345 g/mol. The Hall–Kier alpha value is -3.29. The number of furan rings is 1. The van der Waals surface area contributed by atoms with Gasteiger partial charge >= 0.3 is 5.97 Å². The van der Waals surface area contributed by atoms with Gasteiger partial charge in [-0.3, -0.25) is 19.7 Å². The third kappa shape index (κ3) is 4.37. The molecule has 0 fully saturated rings. The lowest BCUT2D eigenvalue weighted by Gasteiger charge is -2.14. The third-order valence-electron chi connectivity index (χ3n) is 3.48. The van der Waals surface area contributed by atoms with Gasteiger partial charge in [-0.05, 0) is 24.6 Å². The number of benzene rings is 1. The van der Waals surface area contributed by atoms with E-state index in [1.54, 1.807) is 6.92 Å². The molecule has 1 aromatic carbocycles. The standard InChI is InChI=1S/C17H15NO7/c1-2-24-17(21)16(20)13(10-14(19)15-4-3-9-25-15)11-5-7-12(8-6-11)18(22)23/h3-9,13H,2,10H2,1H3. The molecule has 2 aromatic rings. The minimum absolute atomic E-state index is 0.0175. The second-order valence-corrected chi connectivity index (χ2v) is 5.09. The van der Waals surface area contributed by atoms with E-state index in [1.165, 1.54) is 42.7 Å². The molecule has 2 rings (SSSR count). The molecule has 1 heterocycles. The molecule has 0 N–H and O–H groups in total. The number of nitro groups is 1. The summed E-state index contributed by atoms with van der Waals surface area (Å²) < 4.78 is 9.71. The molecule has 0 saturated heterocycles. The summed E-state index contributed by atoms with van der Waals surface area (Å²) in [6, 6.07) is 8.08. The molecule has 1 atom stereocenters. The summed E-state index contributed by atoms with van der Waals surface area (Å²) >= 11 is 0. The number of rotatable bonds is 8. The number of Topliss-reactive ketones (excluding diaryl/α,β-unsaturated/α-hetero) is 2. The predicted octanol–water partition coefficient (Wildman–Crippen LogP) is 2.68. The third-order valence-corrected chi connectivity index (χ3v) is 3.48. The fraction of sp³-hybridized carbons (Fsp3) is 0.235. The van der Waals surface area contributed by atoms with Gasteiger partial charge in [0.25, 0.3) is 5.69 Å². The van der Waals surface area contributed by atoms with E-state index in [1.807, 2.05) is 0 Å². The number of carbonyl (C=O) groups excluding carboxylic acids is 3. The monoisotopic (exact) mass is 345 g/mol. The van der Waals surface area contributed by atoms with Gasteiger partial charge in [0.05, 0.1) is 23.7 Å². The second-order valence-electron chi connectivity index (χ2n) is 5.09. The maximum Gasteiger partial charge on any atom is 0.375 e. The second kappa shape index (κ2) is 8.00. The summed E-state index contributed by atoms with van der Waals surface area (Å²) in [5.74, 6) is -3.47. The van der Waals surface area contributed by atoms with Crippen LogP contribution in [0.25, 0.3) is 0 Å². The normalized spacial score (nSPS) is 11.6. The first kappa shape index (κ1) is 18.1. The van der Waals surface area contributed by atoms with Crippen molar-refractivity contribution in [1.29, 1.82) is 0 Å². The highest BCUT2D eigenvalue weighted by molar-refractivity contribution is 6.36. The molecule has 0 saturated carbocycles. The quantitative estimate of drug-likeness (QED) is 0.237.